The fourth-order valence-electron chi connectivity index (χ4n) is 0. The Bertz CT molecular complexity index is 11.6. The standard InChI is InChI=1S/Cs.K.Li.H3N.Na.4H/h;;;1H3;;;;;. The Morgan fingerprint density at radius 2 is 1.00 bits per heavy atom. The van der Waals surface area contributed by atoms with Gasteiger partial charge in [0.1, 0.15) is 0 Å². The van der Waals surface area contributed by atoms with E-state index in [2.05, 4.69) is 0 Å². The zero-order valence-electron chi connectivity index (χ0n) is 0.707. The summed E-state index contributed by atoms with van der Waals surface area (Å²) in [4.78, 5) is 0. The molecule has 0 aliphatic rings. The molecule has 0 amide bonds. The minimum atomic E-state index is 0. The van der Waals surface area contributed by atoms with Crippen molar-refractivity contribution < 1.29 is 0 Å². The SMILES string of the molecule is N.[CsH].[KH].[LiH].[NaH]. The van der Waals surface area contributed by atoms with Crippen LogP contribution in [0.15, 0.2) is 0 Å². The fourth-order valence-corrected chi connectivity index (χ4v) is 0. The van der Waals surface area contributed by atoms with Crippen molar-refractivity contribution in [1.82, 2.24) is 6.15 Å². The summed E-state index contributed by atoms with van der Waals surface area (Å²) < 4.78 is 0. The first kappa shape index (κ1) is 31.8. The second-order valence-corrected chi connectivity index (χ2v) is 0. The zero-order valence-corrected chi connectivity index (χ0v) is 0.707. The molecule has 16 valence electrons. The first-order chi connectivity index (χ1) is 0. The van der Waals surface area contributed by atoms with Gasteiger partial charge < -0.3 is 6.15 Å². The van der Waals surface area contributed by atoms with Gasteiger partial charge in [-0.05, 0) is 0 Å². The fraction of sp³-hybridized carbons (Fsp3) is 0. The topological polar surface area (TPSA) is 35.0 Å². The van der Waals surface area contributed by atoms with Crippen molar-refractivity contribution in [3.05, 3.63) is 0 Å². The Labute approximate surface area is 168 Å². The predicted octanol–water partition coefficient (Wildman–Crippen LogP) is -2.43. The summed E-state index contributed by atoms with van der Waals surface area (Å²) in [5, 5.41) is 0. The summed E-state index contributed by atoms with van der Waals surface area (Å²) in [7, 11) is 0. The molecule has 0 radical (unpaired) electrons. The molecular formula is H7CsKLiNNa. The molecule has 0 bridgehead atoms. The Hall–Kier alpha value is 5.25. The van der Waals surface area contributed by atoms with Gasteiger partial charge in [0.15, 0.2) is 0 Å². The van der Waals surface area contributed by atoms with Gasteiger partial charge in [-0.25, -0.2) is 0 Å². The van der Waals surface area contributed by atoms with Gasteiger partial charge >= 0.3 is 169 Å². The van der Waals surface area contributed by atoms with Crippen molar-refractivity contribution in [1.29, 1.82) is 0 Å². The predicted molar refractivity (Wildman–Crippen MR) is 33.6 cm³/mol. The van der Waals surface area contributed by atoms with Crippen molar-refractivity contribution >= 4 is 169 Å². The van der Waals surface area contributed by atoms with E-state index in [1.807, 2.05) is 0 Å². The molecule has 0 fully saturated rings. The molecule has 0 aliphatic carbocycles. The maximum absolute atomic E-state index is 0. The average molecular weight is 223 g/mol. The summed E-state index contributed by atoms with van der Waals surface area (Å²) >= 11 is 0. The van der Waals surface area contributed by atoms with E-state index in [1.54, 1.807) is 0 Å². The normalized spacial score (nSPS) is 0. The molecular weight excluding hydrogens is 216 g/mol. The van der Waals surface area contributed by atoms with Crippen molar-refractivity contribution in [2.45, 2.75) is 0 Å². The molecule has 1 nitrogen and oxygen atoms in total. The molecule has 0 aromatic heterocycles. The van der Waals surface area contributed by atoms with Gasteiger partial charge in [-0.15, -0.1) is 0 Å². The molecule has 3 N–H and O–H groups in total. The third-order valence-electron chi connectivity index (χ3n) is 0. The molecule has 0 spiro atoms. The summed E-state index contributed by atoms with van der Waals surface area (Å²) in [5.74, 6) is 0. The van der Waals surface area contributed by atoms with E-state index < -0.39 is 0 Å². The van der Waals surface area contributed by atoms with Crippen molar-refractivity contribution in [2.24, 2.45) is 0 Å². The van der Waals surface area contributed by atoms with Crippen molar-refractivity contribution in [3.8, 4) is 0 Å². The Balaban J connectivity index is 0. The van der Waals surface area contributed by atoms with Gasteiger partial charge in [-0.3, -0.25) is 0 Å². The second-order valence-electron chi connectivity index (χ2n) is 0. The number of hydrogen-bond donors (Lipinski definition) is 1. The molecule has 0 unspecified atom stereocenters. The van der Waals surface area contributed by atoms with Gasteiger partial charge in [0.25, 0.3) is 0 Å². The van der Waals surface area contributed by atoms with Crippen LogP contribution < -0.4 is 6.15 Å². The van der Waals surface area contributed by atoms with Crippen LogP contribution in [0.4, 0.5) is 0 Å². The van der Waals surface area contributed by atoms with E-state index in [4.69, 9.17) is 0 Å². The Morgan fingerprint density at radius 3 is 1.00 bits per heavy atom. The van der Waals surface area contributed by atoms with Gasteiger partial charge in [0, 0.05) is 0 Å². The molecule has 0 aromatic carbocycles. The second kappa shape index (κ2) is 22.8. The average Bonchev–Trinajstić information content (AvgIpc) is 0. The molecule has 0 saturated carbocycles. The van der Waals surface area contributed by atoms with Gasteiger partial charge in [0.05, 0.1) is 0 Å². The third kappa shape index (κ3) is 17.6. The van der Waals surface area contributed by atoms with Crippen LogP contribution in [0.1, 0.15) is 0 Å². The van der Waals surface area contributed by atoms with Crippen molar-refractivity contribution in [2.75, 3.05) is 0 Å². The van der Waals surface area contributed by atoms with E-state index in [0.29, 0.717) is 0 Å². The molecule has 0 aliphatic heterocycles. The summed E-state index contributed by atoms with van der Waals surface area (Å²) in [6.07, 6.45) is 0. The Morgan fingerprint density at radius 1 is 1.00 bits per heavy atom. The van der Waals surface area contributed by atoms with Crippen molar-refractivity contribution in [3.63, 3.8) is 0 Å². The number of hydrogen-bond acceptors (Lipinski definition) is 1. The van der Waals surface area contributed by atoms with Crippen LogP contribution in [-0.2, 0) is 0 Å². The van der Waals surface area contributed by atoms with Crippen LogP contribution >= 0.6 is 0 Å². The quantitative estimate of drug-likeness (QED) is 0.455. The minimum absolute atomic E-state index is 0. The molecule has 0 rings (SSSR count). The maximum atomic E-state index is 0. The van der Waals surface area contributed by atoms with E-state index in [1.165, 1.54) is 0 Å². The molecule has 0 aromatic rings. The van der Waals surface area contributed by atoms with E-state index in [0.717, 1.165) is 0 Å². The van der Waals surface area contributed by atoms with Crippen LogP contribution in [0, 0.1) is 0 Å². The molecule has 0 heterocycles. The van der Waals surface area contributed by atoms with Crippen LogP contribution in [0.5, 0.6) is 0 Å². The van der Waals surface area contributed by atoms with E-state index in [9.17, 15) is 0 Å². The van der Waals surface area contributed by atoms with Crippen LogP contribution in [-0.4, -0.2) is 169 Å². The first-order valence-corrected chi connectivity index (χ1v) is 0. The number of rotatable bonds is 0. The Kier molecular flexibility index (Phi) is 145. The summed E-state index contributed by atoms with van der Waals surface area (Å²) in [5.41, 5.74) is 0. The monoisotopic (exact) mass is 223 g/mol. The third-order valence-corrected chi connectivity index (χ3v) is 0. The van der Waals surface area contributed by atoms with Crippen LogP contribution in [0.2, 0.25) is 0 Å². The first-order valence-electron chi connectivity index (χ1n) is 0. The van der Waals surface area contributed by atoms with Gasteiger partial charge in [-0.2, -0.15) is 0 Å². The van der Waals surface area contributed by atoms with Gasteiger partial charge in [-0.1, -0.05) is 0 Å². The molecule has 0 saturated heterocycles. The summed E-state index contributed by atoms with van der Waals surface area (Å²) in [6, 6.07) is 0. The molecule has 5 heavy (non-hydrogen) atoms. The van der Waals surface area contributed by atoms with E-state index >= 15 is 0 Å². The zero-order chi connectivity index (χ0) is 0. The van der Waals surface area contributed by atoms with E-state index in [-0.39, 0.29) is 175 Å². The summed E-state index contributed by atoms with van der Waals surface area (Å²) in [6.45, 7) is 0. The molecule has 0 atom stereocenters. The van der Waals surface area contributed by atoms with Crippen LogP contribution in [0.3, 0.4) is 0 Å². The van der Waals surface area contributed by atoms with Crippen LogP contribution in [0.25, 0.3) is 0 Å². The molecule has 5 heteroatoms. The van der Waals surface area contributed by atoms with Gasteiger partial charge in [0.2, 0.25) is 0 Å².